The molecule has 0 radical (unpaired) electrons. The molecule has 0 unspecified atom stereocenters. The average molecular weight is 354 g/mol. The smallest absolute Gasteiger partial charge is 0.185 e. The van der Waals surface area contributed by atoms with E-state index >= 15 is 0 Å². The van der Waals surface area contributed by atoms with Crippen LogP contribution in [0.15, 0.2) is 89.4 Å². The zero-order chi connectivity index (χ0) is 18.6. The van der Waals surface area contributed by atoms with Gasteiger partial charge in [0.05, 0.1) is 7.11 Å². The Morgan fingerprint density at radius 2 is 1.67 bits per heavy atom. The van der Waals surface area contributed by atoms with E-state index in [1.165, 1.54) is 0 Å². The van der Waals surface area contributed by atoms with Crippen molar-refractivity contribution >= 4 is 33.8 Å². The second-order valence-electron chi connectivity index (χ2n) is 6.16. The third kappa shape index (κ3) is 3.53. The van der Waals surface area contributed by atoms with Crippen molar-refractivity contribution < 1.29 is 13.9 Å². The fraction of sp³-hybridized carbons (Fsp3) is 0.0417. The van der Waals surface area contributed by atoms with Crippen LogP contribution in [0, 0.1) is 0 Å². The minimum Gasteiger partial charge on any atom is -0.497 e. The summed E-state index contributed by atoms with van der Waals surface area (Å²) in [6.07, 6.45) is 7.12. The molecule has 3 heteroatoms. The molecule has 4 rings (SSSR count). The van der Waals surface area contributed by atoms with Gasteiger partial charge in [0.25, 0.3) is 0 Å². The maximum Gasteiger partial charge on any atom is 0.185 e. The van der Waals surface area contributed by atoms with Crippen molar-refractivity contribution in [3.05, 3.63) is 96.1 Å². The van der Waals surface area contributed by atoms with E-state index in [-0.39, 0.29) is 5.78 Å². The number of furan rings is 1. The monoisotopic (exact) mass is 354 g/mol. The fourth-order valence-corrected chi connectivity index (χ4v) is 3.00. The van der Waals surface area contributed by atoms with E-state index in [1.54, 1.807) is 25.3 Å². The third-order valence-electron chi connectivity index (χ3n) is 4.42. The number of ketones is 1. The summed E-state index contributed by atoms with van der Waals surface area (Å²) in [6, 6.07) is 21.1. The van der Waals surface area contributed by atoms with E-state index < -0.39 is 0 Å². The van der Waals surface area contributed by atoms with Crippen LogP contribution in [0.5, 0.6) is 5.75 Å². The van der Waals surface area contributed by atoms with Crippen LogP contribution in [0.2, 0.25) is 0 Å². The third-order valence-corrected chi connectivity index (χ3v) is 4.42. The lowest BCUT2D eigenvalue weighted by Crippen LogP contribution is -1.93. The molecule has 0 spiro atoms. The summed E-state index contributed by atoms with van der Waals surface area (Å²) in [5.41, 5.74) is 3.30. The molecule has 0 aliphatic heterocycles. The molecule has 0 atom stereocenters. The standard InChI is InChI=1S/C24H18O3/c1-26-19-13-10-17(11-14-19)6-2-4-8-22(25)18-12-15-24-21(16-18)20-7-3-5-9-23(20)27-24/h2-16H,1H3. The van der Waals surface area contributed by atoms with Crippen molar-refractivity contribution in [3.8, 4) is 5.75 Å². The Labute approximate surface area is 157 Å². The number of ether oxygens (including phenoxy) is 1. The lowest BCUT2D eigenvalue weighted by Gasteiger charge is -1.98. The summed E-state index contributed by atoms with van der Waals surface area (Å²) < 4.78 is 10.9. The van der Waals surface area contributed by atoms with Gasteiger partial charge in [0.1, 0.15) is 16.9 Å². The zero-order valence-corrected chi connectivity index (χ0v) is 14.9. The van der Waals surface area contributed by atoms with Crippen LogP contribution in [0.3, 0.4) is 0 Å². The number of carbonyl (C=O) groups excluding carboxylic acids is 1. The van der Waals surface area contributed by atoms with Crippen LogP contribution in [0.4, 0.5) is 0 Å². The van der Waals surface area contributed by atoms with Crippen molar-refractivity contribution in [2.24, 2.45) is 0 Å². The van der Waals surface area contributed by atoms with Gasteiger partial charge in [-0.2, -0.15) is 0 Å². The molecule has 3 nitrogen and oxygen atoms in total. The molecule has 0 fully saturated rings. The normalized spacial score (nSPS) is 11.7. The molecule has 4 aromatic rings. The summed E-state index contributed by atoms with van der Waals surface area (Å²) in [5.74, 6) is 0.779. The Hall–Kier alpha value is -3.59. The minimum absolute atomic E-state index is 0.0402. The van der Waals surface area contributed by atoms with Crippen molar-refractivity contribution in [3.63, 3.8) is 0 Å². The summed E-state index contributed by atoms with van der Waals surface area (Å²) in [6.45, 7) is 0. The van der Waals surface area contributed by atoms with Gasteiger partial charge in [-0.1, -0.05) is 48.6 Å². The van der Waals surface area contributed by atoms with Crippen molar-refractivity contribution in [1.29, 1.82) is 0 Å². The molecule has 0 saturated heterocycles. The lowest BCUT2D eigenvalue weighted by molar-refractivity contribution is 0.104. The van der Waals surface area contributed by atoms with Crippen molar-refractivity contribution in [2.75, 3.05) is 7.11 Å². The first kappa shape index (κ1) is 16.9. The van der Waals surface area contributed by atoms with Gasteiger partial charge in [0.15, 0.2) is 5.78 Å². The second-order valence-corrected chi connectivity index (χ2v) is 6.16. The Morgan fingerprint density at radius 1 is 0.889 bits per heavy atom. The molecule has 132 valence electrons. The summed E-state index contributed by atoms with van der Waals surface area (Å²) in [5, 5.41) is 1.98. The number of fused-ring (bicyclic) bond motifs is 3. The molecule has 0 amide bonds. The van der Waals surface area contributed by atoms with Crippen LogP contribution in [-0.4, -0.2) is 12.9 Å². The molecule has 3 aromatic carbocycles. The molecule has 0 aliphatic carbocycles. The predicted molar refractivity (Wildman–Crippen MR) is 109 cm³/mol. The second kappa shape index (κ2) is 7.34. The highest BCUT2D eigenvalue weighted by Gasteiger charge is 2.09. The number of rotatable bonds is 5. The number of hydrogen-bond donors (Lipinski definition) is 0. The molecular formula is C24H18O3. The average Bonchev–Trinajstić information content (AvgIpc) is 3.09. The van der Waals surface area contributed by atoms with Crippen molar-refractivity contribution in [1.82, 2.24) is 0 Å². The van der Waals surface area contributed by atoms with Crippen LogP contribution >= 0.6 is 0 Å². The van der Waals surface area contributed by atoms with Crippen LogP contribution in [0.1, 0.15) is 15.9 Å². The van der Waals surface area contributed by atoms with Gasteiger partial charge < -0.3 is 9.15 Å². The number of allylic oxidation sites excluding steroid dienone is 3. The van der Waals surface area contributed by atoms with Crippen LogP contribution in [0.25, 0.3) is 28.0 Å². The van der Waals surface area contributed by atoms with E-state index in [9.17, 15) is 4.79 Å². The molecule has 0 saturated carbocycles. The van der Waals surface area contributed by atoms with Crippen LogP contribution < -0.4 is 4.74 Å². The topological polar surface area (TPSA) is 39.4 Å². The van der Waals surface area contributed by atoms with Gasteiger partial charge in [-0.3, -0.25) is 4.79 Å². The maximum atomic E-state index is 12.5. The molecule has 0 bridgehead atoms. The number of carbonyl (C=O) groups is 1. The maximum absolute atomic E-state index is 12.5. The first-order chi connectivity index (χ1) is 13.2. The number of hydrogen-bond acceptors (Lipinski definition) is 3. The van der Waals surface area contributed by atoms with Gasteiger partial charge >= 0.3 is 0 Å². The van der Waals surface area contributed by atoms with Crippen LogP contribution in [-0.2, 0) is 0 Å². The Morgan fingerprint density at radius 3 is 2.48 bits per heavy atom. The highest BCUT2D eigenvalue weighted by molar-refractivity contribution is 6.11. The Bertz CT molecular complexity index is 1160. The molecule has 0 N–H and O–H groups in total. The molecule has 27 heavy (non-hydrogen) atoms. The van der Waals surface area contributed by atoms with Crippen molar-refractivity contribution in [2.45, 2.75) is 0 Å². The zero-order valence-electron chi connectivity index (χ0n) is 14.9. The lowest BCUT2D eigenvalue weighted by atomic mass is 10.1. The number of para-hydroxylation sites is 1. The summed E-state index contributed by atoms with van der Waals surface area (Å²) in [7, 11) is 1.64. The quantitative estimate of drug-likeness (QED) is 0.249. The predicted octanol–water partition coefficient (Wildman–Crippen LogP) is 6.05. The molecule has 0 aliphatic rings. The van der Waals surface area contributed by atoms with E-state index in [0.29, 0.717) is 5.56 Å². The van der Waals surface area contributed by atoms with Gasteiger partial charge in [0.2, 0.25) is 0 Å². The van der Waals surface area contributed by atoms with Gasteiger partial charge in [-0.15, -0.1) is 0 Å². The largest absolute Gasteiger partial charge is 0.497 e. The van der Waals surface area contributed by atoms with E-state index in [4.69, 9.17) is 9.15 Å². The highest BCUT2D eigenvalue weighted by Crippen LogP contribution is 2.29. The highest BCUT2D eigenvalue weighted by atomic mass is 16.5. The van der Waals surface area contributed by atoms with E-state index in [2.05, 4.69) is 0 Å². The number of methoxy groups -OCH3 is 1. The molecule has 1 heterocycles. The minimum atomic E-state index is -0.0402. The SMILES string of the molecule is COc1ccc(C=CC=CC(=O)c2ccc3oc4ccccc4c3c2)cc1. The van der Waals surface area contributed by atoms with Gasteiger partial charge in [-0.05, 0) is 48.0 Å². The Kier molecular flexibility index (Phi) is 4.58. The first-order valence-corrected chi connectivity index (χ1v) is 8.69. The molecule has 1 aromatic heterocycles. The Balaban J connectivity index is 1.52. The summed E-state index contributed by atoms with van der Waals surface area (Å²) in [4.78, 5) is 12.5. The fourth-order valence-electron chi connectivity index (χ4n) is 3.00. The van der Waals surface area contributed by atoms with E-state index in [0.717, 1.165) is 33.3 Å². The van der Waals surface area contributed by atoms with Gasteiger partial charge in [0, 0.05) is 16.3 Å². The number of benzene rings is 3. The summed E-state index contributed by atoms with van der Waals surface area (Å²) >= 11 is 0. The molecular weight excluding hydrogens is 336 g/mol. The van der Waals surface area contributed by atoms with E-state index in [1.807, 2.05) is 72.8 Å². The first-order valence-electron chi connectivity index (χ1n) is 8.69. The van der Waals surface area contributed by atoms with Gasteiger partial charge in [-0.25, -0.2) is 0 Å².